The molecule has 0 atom stereocenters. The van der Waals surface area contributed by atoms with E-state index in [1.807, 2.05) is 18.4 Å². The van der Waals surface area contributed by atoms with Crippen molar-refractivity contribution < 1.29 is 0 Å². The third kappa shape index (κ3) is 6.69. The van der Waals surface area contributed by atoms with Gasteiger partial charge in [0.2, 0.25) is 0 Å². The van der Waals surface area contributed by atoms with Gasteiger partial charge in [0.25, 0.3) is 0 Å². The number of aliphatic imine (C=N–C) groups is 1. The Morgan fingerprint density at radius 2 is 1.71 bits per heavy atom. The average molecular weight is 441 g/mol. The van der Waals surface area contributed by atoms with Crippen LogP contribution in [0.25, 0.3) is 0 Å². The molecule has 0 radical (unpaired) electrons. The van der Waals surface area contributed by atoms with Crippen molar-refractivity contribution in [1.29, 1.82) is 0 Å². The van der Waals surface area contributed by atoms with Crippen LogP contribution in [0.5, 0.6) is 0 Å². The van der Waals surface area contributed by atoms with Crippen molar-refractivity contribution in [1.82, 2.24) is 20.4 Å². The van der Waals surface area contributed by atoms with Gasteiger partial charge in [0, 0.05) is 72.0 Å². The van der Waals surface area contributed by atoms with E-state index in [-0.39, 0.29) is 0 Å². The summed E-state index contributed by atoms with van der Waals surface area (Å²) in [5.74, 6) is 0.942. The number of piperazine rings is 1. The van der Waals surface area contributed by atoms with Gasteiger partial charge < -0.3 is 15.5 Å². The number of hydrogen-bond donors (Lipinski definition) is 2. The summed E-state index contributed by atoms with van der Waals surface area (Å²) in [4.78, 5) is 12.1. The van der Waals surface area contributed by atoms with Gasteiger partial charge in [0.1, 0.15) is 0 Å². The Hall–Kier alpha value is -2.09. The molecule has 0 spiro atoms. The Morgan fingerprint density at radius 3 is 2.39 bits per heavy atom. The highest BCUT2D eigenvalue weighted by Gasteiger charge is 2.21. The first kappa shape index (κ1) is 22.1. The first-order chi connectivity index (χ1) is 15.3. The molecule has 3 heterocycles. The summed E-state index contributed by atoms with van der Waals surface area (Å²) in [6.45, 7) is 9.86. The Balaban J connectivity index is 1.10. The lowest BCUT2D eigenvalue weighted by Gasteiger charge is -2.35. The Morgan fingerprint density at radius 1 is 0.968 bits per heavy atom. The van der Waals surface area contributed by atoms with Crippen LogP contribution in [0.2, 0.25) is 0 Å². The van der Waals surface area contributed by atoms with Crippen LogP contribution in [-0.4, -0.2) is 81.2 Å². The minimum Gasteiger partial charge on any atom is -0.363 e. The Bertz CT molecular complexity index is 778. The summed E-state index contributed by atoms with van der Waals surface area (Å²) in [6, 6.07) is 15.7. The molecular formula is C24H36N6S. The van der Waals surface area contributed by atoms with Crippen LogP contribution in [0, 0.1) is 0 Å². The Labute approximate surface area is 191 Å². The number of thiophene rings is 1. The second kappa shape index (κ2) is 11.5. The average Bonchev–Trinajstić information content (AvgIpc) is 3.36. The normalized spacial score (nSPS) is 19.5. The molecule has 0 unspecified atom stereocenters. The van der Waals surface area contributed by atoms with E-state index < -0.39 is 0 Å². The molecule has 4 rings (SSSR count). The molecule has 31 heavy (non-hydrogen) atoms. The van der Waals surface area contributed by atoms with Gasteiger partial charge >= 0.3 is 0 Å². The van der Waals surface area contributed by atoms with Gasteiger partial charge in [0.15, 0.2) is 5.96 Å². The quantitative estimate of drug-likeness (QED) is 0.512. The highest BCUT2D eigenvalue weighted by molar-refractivity contribution is 7.14. The van der Waals surface area contributed by atoms with Gasteiger partial charge in [-0.05, 0) is 35.9 Å². The number of hydrogen-bond acceptors (Lipinski definition) is 5. The van der Waals surface area contributed by atoms with Gasteiger partial charge in [-0.2, -0.15) is 0 Å². The molecule has 2 N–H and O–H groups in total. The van der Waals surface area contributed by atoms with Crippen molar-refractivity contribution in [2.24, 2.45) is 4.99 Å². The van der Waals surface area contributed by atoms with Gasteiger partial charge in [-0.25, -0.2) is 0 Å². The fraction of sp³-hybridized carbons (Fsp3) is 0.542. The van der Waals surface area contributed by atoms with E-state index in [0.717, 1.165) is 77.7 Å². The molecule has 2 saturated heterocycles. The van der Waals surface area contributed by atoms with Crippen molar-refractivity contribution in [2.45, 2.75) is 25.4 Å². The predicted molar refractivity (Wildman–Crippen MR) is 132 cm³/mol. The molecular weight excluding hydrogens is 404 g/mol. The molecule has 1 aromatic carbocycles. The zero-order valence-corrected chi connectivity index (χ0v) is 19.5. The van der Waals surface area contributed by atoms with E-state index in [1.165, 1.54) is 10.6 Å². The van der Waals surface area contributed by atoms with Gasteiger partial charge in [-0.3, -0.25) is 14.8 Å². The third-order valence-corrected chi connectivity index (χ3v) is 7.24. The van der Waals surface area contributed by atoms with Crippen LogP contribution in [0.15, 0.2) is 52.8 Å². The number of anilines is 1. The lowest BCUT2D eigenvalue weighted by molar-refractivity contribution is 0.129. The number of nitrogens with zero attached hydrogens (tertiary/aromatic N) is 4. The molecule has 0 aliphatic carbocycles. The van der Waals surface area contributed by atoms with E-state index in [1.54, 1.807) is 0 Å². The van der Waals surface area contributed by atoms with Crippen LogP contribution in [0.1, 0.15) is 18.4 Å². The summed E-state index contributed by atoms with van der Waals surface area (Å²) in [5.41, 5.74) is 1.41. The fourth-order valence-corrected chi connectivity index (χ4v) is 5.21. The molecule has 2 fully saturated rings. The molecule has 168 valence electrons. The maximum absolute atomic E-state index is 4.45. The topological polar surface area (TPSA) is 46.1 Å². The second-order valence-electron chi connectivity index (χ2n) is 8.46. The van der Waals surface area contributed by atoms with Crippen LogP contribution < -0.4 is 15.5 Å². The van der Waals surface area contributed by atoms with E-state index in [4.69, 9.17) is 0 Å². The highest BCUT2D eigenvalue weighted by Crippen LogP contribution is 2.24. The number of piperidine rings is 1. The molecule has 0 saturated carbocycles. The summed E-state index contributed by atoms with van der Waals surface area (Å²) in [5, 5.41) is 10.7. The number of nitrogens with one attached hydrogen (secondary N) is 2. The van der Waals surface area contributed by atoms with Crippen LogP contribution in [-0.2, 0) is 6.54 Å². The van der Waals surface area contributed by atoms with Crippen molar-refractivity contribution >= 4 is 22.3 Å². The number of guanidine groups is 1. The fourth-order valence-electron chi connectivity index (χ4n) is 4.43. The number of benzene rings is 1. The SMILES string of the molecule is CN=C(NCCN1CCN(Cc2ccccc2)CC1)NC1CCN(c2cccs2)CC1. The van der Waals surface area contributed by atoms with Crippen molar-refractivity contribution in [3.05, 3.63) is 53.4 Å². The monoisotopic (exact) mass is 440 g/mol. The zero-order valence-electron chi connectivity index (χ0n) is 18.7. The van der Waals surface area contributed by atoms with Gasteiger partial charge in [-0.1, -0.05) is 30.3 Å². The standard InChI is InChI=1S/C24H36N6S/c1-25-24(27-22-9-12-30(13-10-22)23-8-5-19-31-23)26-11-14-28-15-17-29(18-16-28)20-21-6-3-2-4-7-21/h2-8,19,22H,9-18,20H2,1H3,(H2,25,26,27). The predicted octanol–water partition coefficient (Wildman–Crippen LogP) is 2.70. The minimum absolute atomic E-state index is 0.504. The summed E-state index contributed by atoms with van der Waals surface area (Å²) < 4.78 is 0. The molecule has 2 aromatic rings. The maximum Gasteiger partial charge on any atom is 0.191 e. The molecule has 2 aliphatic rings. The van der Waals surface area contributed by atoms with E-state index in [0.29, 0.717) is 6.04 Å². The molecule has 2 aliphatic heterocycles. The molecule has 6 nitrogen and oxygen atoms in total. The van der Waals surface area contributed by atoms with E-state index in [9.17, 15) is 0 Å². The van der Waals surface area contributed by atoms with Crippen LogP contribution >= 0.6 is 11.3 Å². The van der Waals surface area contributed by atoms with Gasteiger partial charge in [-0.15, -0.1) is 11.3 Å². The first-order valence-electron chi connectivity index (χ1n) is 11.5. The summed E-state index contributed by atoms with van der Waals surface area (Å²) in [7, 11) is 1.87. The highest BCUT2D eigenvalue weighted by atomic mass is 32.1. The van der Waals surface area contributed by atoms with Crippen molar-refractivity contribution in [3.63, 3.8) is 0 Å². The number of rotatable bonds is 7. The lowest BCUT2D eigenvalue weighted by Crippen LogP contribution is -2.51. The second-order valence-corrected chi connectivity index (χ2v) is 9.39. The molecule has 1 aromatic heterocycles. The van der Waals surface area contributed by atoms with Crippen LogP contribution in [0.3, 0.4) is 0 Å². The minimum atomic E-state index is 0.504. The van der Waals surface area contributed by atoms with Crippen LogP contribution in [0.4, 0.5) is 5.00 Å². The van der Waals surface area contributed by atoms with Crippen molar-refractivity contribution in [2.75, 3.05) is 64.3 Å². The van der Waals surface area contributed by atoms with E-state index >= 15 is 0 Å². The Kier molecular flexibility index (Phi) is 8.21. The third-order valence-electron chi connectivity index (χ3n) is 6.31. The lowest BCUT2D eigenvalue weighted by atomic mass is 10.1. The van der Waals surface area contributed by atoms with Gasteiger partial charge in [0.05, 0.1) is 5.00 Å². The van der Waals surface area contributed by atoms with E-state index in [2.05, 4.69) is 78.2 Å². The molecule has 7 heteroatoms. The maximum atomic E-state index is 4.45. The zero-order chi connectivity index (χ0) is 21.3. The summed E-state index contributed by atoms with van der Waals surface area (Å²) >= 11 is 1.84. The van der Waals surface area contributed by atoms with Crippen molar-refractivity contribution in [3.8, 4) is 0 Å². The molecule has 0 amide bonds. The smallest absolute Gasteiger partial charge is 0.191 e. The first-order valence-corrected chi connectivity index (χ1v) is 12.4. The largest absolute Gasteiger partial charge is 0.363 e. The summed E-state index contributed by atoms with van der Waals surface area (Å²) in [6.07, 6.45) is 2.31. The molecule has 0 bridgehead atoms.